The lowest BCUT2D eigenvalue weighted by Gasteiger charge is -2.22. The molecule has 0 unspecified atom stereocenters. The lowest BCUT2D eigenvalue weighted by atomic mass is 10.2. The maximum atomic E-state index is 8.94. The highest BCUT2D eigenvalue weighted by Gasteiger charge is 2.03. The van der Waals surface area contributed by atoms with Crippen LogP contribution in [0.5, 0.6) is 5.75 Å². The summed E-state index contributed by atoms with van der Waals surface area (Å²) in [6.45, 7) is 2.21. The fraction of sp³-hybridized carbons (Fsp3) is 0.538. The summed E-state index contributed by atoms with van der Waals surface area (Å²) in [5.41, 5.74) is 4.37. The summed E-state index contributed by atoms with van der Waals surface area (Å²) in [6, 6.07) is 7.83. The second-order valence-electron chi connectivity index (χ2n) is 3.97. The van der Waals surface area contributed by atoms with Crippen molar-refractivity contribution in [2.45, 2.75) is 13.0 Å². The van der Waals surface area contributed by atoms with E-state index in [1.54, 1.807) is 7.11 Å². The second kappa shape index (κ2) is 8.88. The Balaban J connectivity index is 2.39. The van der Waals surface area contributed by atoms with Crippen LogP contribution in [0.1, 0.15) is 12.0 Å². The zero-order chi connectivity index (χ0) is 13.2. The molecule has 0 radical (unpaired) electrons. The molecule has 0 saturated heterocycles. The smallest absolute Gasteiger partial charge is 0.118 e. The maximum Gasteiger partial charge on any atom is 0.118 e. The highest BCUT2D eigenvalue weighted by Crippen LogP contribution is 2.10. The molecule has 3 N–H and O–H groups in total. The first kappa shape index (κ1) is 14.9. The number of nitrogens with zero attached hydrogens (tertiary/aromatic N) is 1. The molecule has 102 valence electrons. The monoisotopic (exact) mass is 254 g/mol. The Hall–Kier alpha value is -1.14. The predicted octanol–water partition coefficient (Wildman–Crippen LogP) is 0.376. The highest BCUT2D eigenvalue weighted by atomic mass is 16.5. The Morgan fingerprint density at radius 2 is 1.83 bits per heavy atom. The van der Waals surface area contributed by atoms with Gasteiger partial charge in [0.05, 0.1) is 13.7 Å². The Bertz CT molecular complexity index is 317. The molecule has 0 aliphatic rings. The molecule has 0 aliphatic heterocycles. The molecule has 18 heavy (non-hydrogen) atoms. The molecular weight excluding hydrogens is 232 g/mol. The highest BCUT2D eigenvalue weighted by molar-refractivity contribution is 5.26. The van der Waals surface area contributed by atoms with Gasteiger partial charge in [0.25, 0.3) is 0 Å². The summed E-state index contributed by atoms with van der Waals surface area (Å²) < 4.78 is 5.09. The fourth-order valence-corrected chi connectivity index (χ4v) is 1.60. The summed E-state index contributed by atoms with van der Waals surface area (Å²) in [4.78, 5) is 0. The van der Waals surface area contributed by atoms with Gasteiger partial charge in [-0.25, -0.2) is 5.01 Å². The van der Waals surface area contributed by atoms with E-state index in [-0.39, 0.29) is 13.2 Å². The quantitative estimate of drug-likeness (QED) is 0.556. The molecular formula is C13H22N2O3. The molecule has 1 aromatic rings. The third-order valence-corrected chi connectivity index (χ3v) is 2.62. The minimum absolute atomic E-state index is 0.0983. The number of aliphatic hydroxyl groups excluding tert-OH is 2. The van der Waals surface area contributed by atoms with Crippen molar-refractivity contribution in [3.63, 3.8) is 0 Å². The average molecular weight is 254 g/mol. The standard InChI is InChI=1S/C13H22N2O3/c1-18-13-5-3-12(4-6-13)11-14-15(8-10-17)7-2-9-16/h3-6,14,16-17H,2,7-11H2,1H3. The third-order valence-electron chi connectivity index (χ3n) is 2.62. The zero-order valence-electron chi connectivity index (χ0n) is 10.8. The first-order valence-corrected chi connectivity index (χ1v) is 6.13. The van der Waals surface area contributed by atoms with Crippen LogP contribution in [-0.2, 0) is 6.54 Å². The zero-order valence-corrected chi connectivity index (χ0v) is 10.8. The van der Waals surface area contributed by atoms with Gasteiger partial charge in [-0.15, -0.1) is 0 Å². The van der Waals surface area contributed by atoms with E-state index in [2.05, 4.69) is 5.43 Å². The van der Waals surface area contributed by atoms with Gasteiger partial charge in [-0.2, -0.15) is 0 Å². The molecule has 5 heteroatoms. The predicted molar refractivity (Wildman–Crippen MR) is 70.2 cm³/mol. The number of hydrogen-bond donors (Lipinski definition) is 3. The van der Waals surface area contributed by atoms with Crippen molar-refractivity contribution in [3.8, 4) is 5.75 Å². The van der Waals surface area contributed by atoms with E-state index in [1.165, 1.54) is 0 Å². The molecule has 5 nitrogen and oxygen atoms in total. The van der Waals surface area contributed by atoms with E-state index in [0.29, 0.717) is 26.1 Å². The van der Waals surface area contributed by atoms with Crippen molar-refractivity contribution in [1.29, 1.82) is 0 Å². The summed E-state index contributed by atoms with van der Waals surface area (Å²) in [5.74, 6) is 0.839. The van der Waals surface area contributed by atoms with E-state index in [0.717, 1.165) is 11.3 Å². The van der Waals surface area contributed by atoms with Crippen LogP contribution in [0.4, 0.5) is 0 Å². The van der Waals surface area contributed by atoms with Crippen LogP contribution in [0.3, 0.4) is 0 Å². The molecule has 0 aliphatic carbocycles. The van der Waals surface area contributed by atoms with Gasteiger partial charge in [-0.05, 0) is 24.1 Å². The molecule has 1 aromatic carbocycles. The molecule has 0 spiro atoms. The van der Waals surface area contributed by atoms with Crippen LogP contribution in [0, 0.1) is 0 Å². The Morgan fingerprint density at radius 1 is 1.11 bits per heavy atom. The number of aliphatic hydroxyl groups is 2. The van der Waals surface area contributed by atoms with E-state index < -0.39 is 0 Å². The van der Waals surface area contributed by atoms with Crippen molar-refractivity contribution in [2.24, 2.45) is 0 Å². The maximum absolute atomic E-state index is 8.94. The van der Waals surface area contributed by atoms with Crippen molar-refractivity contribution in [3.05, 3.63) is 29.8 Å². The third kappa shape index (κ3) is 5.46. The fourth-order valence-electron chi connectivity index (χ4n) is 1.60. The molecule has 0 heterocycles. The molecule has 0 bridgehead atoms. The summed E-state index contributed by atoms with van der Waals surface area (Å²) in [7, 11) is 1.64. The number of nitrogens with one attached hydrogen (secondary N) is 1. The van der Waals surface area contributed by atoms with Crippen LogP contribution in [-0.4, -0.2) is 48.6 Å². The van der Waals surface area contributed by atoms with Gasteiger partial charge in [-0.1, -0.05) is 12.1 Å². The average Bonchev–Trinajstić information content (AvgIpc) is 2.42. The topological polar surface area (TPSA) is 65.0 Å². The first-order valence-electron chi connectivity index (χ1n) is 6.13. The Labute approximate surface area is 108 Å². The van der Waals surface area contributed by atoms with Gasteiger partial charge < -0.3 is 14.9 Å². The van der Waals surface area contributed by atoms with Crippen molar-refractivity contribution in [2.75, 3.05) is 33.4 Å². The second-order valence-corrected chi connectivity index (χ2v) is 3.97. The minimum atomic E-state index is 0.0983. The van der Waals surface area contributed by atoms with Crippen LogP contribution in [0.25, 0.3) is 0 Å². The van der Waals surface area contributed by atoms with Crippen LogP contribution < -0.4 is 10.2 Å². The SMILES string of the molecule is COc1ccc(CNN(CCO)CCCO)cc1. The van der Waals surface area contributed by atoms with Crippen LogP contribution in [0.2, 0.25) is 0 Å². The van der Waals surface area contributed by atoms with Gasteiger partial charge >= 0.3 is 0 Å². The van der Waals surface area contributed by atoms with Crippen molar-refractivity contribution in [1.82, 2.24) is 10.4 Å². The normalized spacial score (nSPS) is 10.9. The molecule has 0 fully saturated rings. The molecule has 0 amide bonds. The molecule has 0 saturated carbocycles. The van der Waals surface area contributed by atoms with Crippen molar-refractivity contribution >= 4 is 0 Å². The Morgan fingerprint density at radius 3 is 2.39 bits per heavy atom. The number of ether oxygens (including phenoxy) is 1. The van der Waals surface area contributed by atoms with Gasteiger partial charge in [0.1, 0.15) is 5.75 Å². The van der Waals surface area contributed by atoms with E-state index in [1.807, 2.05) is 29.3 Å². The minimum Gasteiger partial charge on any atom is -0.497 e. The van der Waals surface area contributed by atoms with Gasteiger partial charge in [-0.3, -0.25) is 5.43 Å². The first-order chi connectivity index (χ1) is 8.80. The summed E-state index contributed by atoms with van der Waals surface area (Å²) >= 11 is 0. The Kier molecular flexibility index (Phi) is 7.36. The number of rotatable bonds is 9. The number of methoxy groups -OCH3 is 1. The molecule has 0 atom stereocenters. The van der Waals surface area contributed by atoms with Gasteiger partial charge in [0, 0.05) is 26.2 Å². The molecule has 0 aromatic heterocycles. The summed E-state index contributed by atoms with van der Waals surface area (Å²) in [6.07, 6.45) is 0.690. The van der Waals surface area contributed by atoms with Crippen molar-refractivity contribution < 1.29 is 14.9 Å². The van der Waals surface area contributed by atoms with E-state index >= 15 is 0 Å². The number of hydrazine groups is 1. The van der Waals surface area contributed by atoms with Gasteiger partial charge in [0.15, 0.2) is 0 Å². The lowest BCUT2D eigenvalue weighted by Crippen LogP contribution is -2.40. The van der Waals surface area contributed by atoms with Gasteiger partial charge in [0.2, 0.25) is 0 Å². The number of benzene rings is 1. The van der Waals surface area contributed by atoms with E-state index in [9.17, 15) is 0 Å². The molecule has 1 rings (SSSR count). The summed E-state index contributed by atoms with van der Waals surface area (Å²) in [5, 5.41) is 19.7. The lowest BCUT2D eigenvalue weighted by molar-refractivity contribution is 0.128. The van der Waals surface area contributed by atoms with Crippen LogP contribution in [0.15, 0.2) is 24.3 Å². The number of hydrogen-bond acceptors (Lipinski definition) is 5. The van der Waals surface area contributed by atoms with E-state index in [4.69, 9.17) is 14.9 Å². The van der Waals surface area contributed by atoms with Crippen LogP contribution >= 0.6 is 0 Å². The largest absolute Gasteiger partial charge is 0.497 e.